The summed E-state index contributed by atoms with van der Waals surface area (Å²) in [5.41, 5.74) is 2.17. The van der Waals surface area contributed by atoms with Crippen LogP contribution in [0.5, 0.6) is 0 Å². The van der Waals surface area contributed by atoms with E-state index in [9.17, 15) is 9.59 Å². The summed E-state index contributed by atoms with van der Waals surface area (Å²) in [6.07, 6.45) is 1.57. The molecule has 1 aliphatic heterocycles. The molecule has 0 fully saturated rings. The molecule has 3 rings (SSSR count). The number of hydrogen-bond donors (Lipinski definition) is 0. The van der Waals surface area contributed by atoms with Crippen molar-refractivity contribution in [3.05, 3.63) is 71.3 Å². The molecule has 2 aromatic carbocycles. The Morgan fingerprint density at radius 3 is 2.04 bits per heavy atom. The first-order valence-electron chi connectivity index (χ1n) is 7.84. The summed E-state index contributed by atoms with van der Waals surface area (Å²) in [6, 6.07) is 17.0. The van der Waals surface area contributed by atoms with E-state index in [0.717, 1.165) is 18.4 Å². The number of amides is 2. The summed E-state index contributed by atoms with van der Waals surface area (Å²) in [5.74, 6) is -0.369. The molecule has 0 spiro atoms. The van der Waals surface area contributed by atoms with Crippen molar-refractivity contribution in [3.8, 4) is 0 Å². The summed E-state index contributed by atoms with van der Waals surface area (Å²) in [7, 11) is 0. The number of carbonyl (C=O) groups is 2. The summed E-state index contributed by atoms with van der Waals surface area (Å²) in [5, 5.41) is 0. The first-order valence-corrected chi connectivity index (χ1v) is 7.84. The molecule has 118 valence electrons. The van der Waals surface area contributed by atoms with Crippen LogP contribution in [0.15, 0.2) is 54.6 Å². The number of hydrogen-bond acceptors (Lipinski definition) is 3. The van der Waals surface area contributed by atoms with Crippen molar-refractivity contribution >= 4 is 11.8 Å². The van der Waals surface area contributed by atoms with Gasteiger partial charge in [-0.15, -0.1) is 0 Å². The summed E-state index contributed by atoms with van der Waals surface area (Å²) < 4.78 is 5.61. The molecule has 0 unspecified atom stereocenters. The maximum absolute atomic E-state index is 12.2. The SMILES string of the molecule is O=C1c2ccccc2C(=O)N1CCCCOCc1ccccc1. The minimum Gasteiger partial charge on any atom is -0.377 e. The second-order valence-corrected chi connectivity index (χ2v) is 5.55. The Bertz CT molecular complexity index is 662. The third-order valence-electron chi connectivity index (χ3n) is 3.91. The average Bonchev–Trinajstić information content (AvgIpc) is 2.84. The minimum absolute atomic E-state index is 0.184. The van der Waals surface area contributed by atoms with E-state index in [1.54, 1.807) is 24.3 Å². The molecule has 1 heterocycles. The lowest BCUT2D eigenvalue weighted by Gasteiger charge is -2.13. The predicted octanol–water partition coefficient (Wildman–Crippen LogP) is 3.28. The number of imide groups is 1. The van der Waals surface area contributed by atoms with Gasteiger partial charge < -0.3 is 4.74 Å². The Morgan fingerprint density at radius 1 is 0.783 bits per heavy atom. The third kappa shape index (κ3) is 3.48. The fraction of sp³-hybridized carbons (Fsp3) is 0.263. The highest BCUT2D eigenvalue weighted by atomic mass is 16.5. The zero-order valence-electron chi connectivity index (χ0n) is 12.9. The summed E-state index contributed by atoms with van der Waals surface area (Å²) in [6.45, 7) is 1.66. The summed E-state index contributed by atoms with van der Waals surface area (Å²) >= 11 is 0. The fourth-order valence-corrected chi connectivity index (χ4v) is 2.68. The van der Waals surface area contributed by atoms with Gasteiger partial charge >= 0.3 is 0 Å². The van der Waals surface area contributed by atoms with Crippen molar-refractivity contribution in [2.75, 3.05) is 13.2 Å². The largest absolute Gasteiger partial charge is 0.377 e. The smallest absolute Gasteiger partial charge is 0.261 e. The van der Waals surface area contributed by atoms with Gasteiger partial charge in [0.25, 0.3) is 11.8 Å². The van der Waals surface area contributed by atoms with Crippen LogP contribution in [0.25, 0.3) is 0 Å². The Labute approximate surface area is 135 Å². The molecule has 0 saturated carbocycles. The average molecular weight is 309 g/mol. The number of ether oxygens (including phenoxy) is 1. The maximum Gasteiger partial charge on any atom is 0.261 e. The van der Waals surface area contributed by atoms with Gasteiger partial charge in [0.2, 0.25) is 0 Å². The number of carbonyl (C=O) groups excluding carboxylic acids is 2. The molecular formula is C19H19NO3. The molecule has 1 aliphatic rings. The van der Waals surface area contributed by atoms with Crippen LogP contribution >= 0.6 is 0 Å². The number of nitrogens with zero attached hydrogens (tertiary/aromatic N) is 1. The van der Waals surface area contributed by atoms with Gasteiger partial charge in [0.15, 0.2) is 0 Å². The molecular weight excluding hydrogens is 290 g/mol. The van der Waals surface area contributed by atoms with E-state index in [4.69, 9.17) is 4.74 Å². The van der Waals surface area contributed by atoms with Crippen molar-refractivity contribution in [2.45, 2.75) is 19.4 Å². The lowest BCUT2D eigenvalue weighted by atomic mass is 10.1. The van der Waals surface area contributed by atoms with E-state index >= 15 is 0 Å². The lowest BCUT2D eigenvalue weighted by Crippen LogP contribution is -2.30. The van der Waals surface area contributed by atoms with E-state index in [2.05, 4.69) is 0 Å². The molecule has 0 aliphatic carbocycles. The third-order valence-corrected chi connectivity index (χ3v) is 3.91. The van der Waals surface area contributed by atoms with Crippen molar-refractivity contribution in [1.82, 2.24) is 4.90 Å². The van der Waals surface area contributed by atoms with E-state index in [1.165, 1.54) is 4.90 Å². The maximum atomic E-state index is 12.2. The predicted molar refractivity (Wildman–Crippen MR) is 87.1 cm³/mol. The van der Waals surface area contributed by atoms with Crippen LogP contribution in [0.1, 0.15) is 39.1 Å². The zero-order valence-corrected chi connectivity index (χ0v) is 12.9. The van der Waals surface area contributed by atoms with Gasteiger partial charge in [-0.05, 0) is 30.5 Å². The second-order valence-electron chi connectivity index (χ2n) is 5.55. The molecule has 4 heteroatoms. The van der Waals surface area contributed by atoms with Crippen molar-refractivity contribution in [1.29, 1.82) is 0 Å². The summed E-state index contributed by atoms with van der Waals surface area (Å²) in [4.78, 5) is 25.7. The molecule has 0 saturated heterocycles. The minimum atomic E-state index is -0.184. The monoisotopic (exact) mass is 309 g/mol. The number of rotatable bonds is 7. The first-order chi connectivity index (χ1) is 11.3. The Hall–Kier alpha value is -2.46. The normalized spacial score (nSPS) is 13.5. The molecule has 0 bridgehead atoms. The highest BCUT2D eigenvalue weighted by molar-refractivity contribution is 6.21. The molecule has 0 atom stereocenters. The van der Waals surface area contributed by atoms with Gasteiger partial charge in [-0.2, -0.15) is 0 Å². The van der Waals surface area contributed by atoms with E-state index in [0.29, 0.717) is 30.9 Å². The van der Waals surface area contributed by atoms with Gasteiger partial charge in [-0.1, -0.05) is 42.5 Å². The number of unbranched alkanes of at least 4 members (excludes halogenated alkanes) is 1. The number of benzene rings is 2. The van der Waals surface area contributed by atoms with Gasteiger partial charge in [-0.25, -0.2) is 0 Å². The Kier molecular flexibility index (Phi) is 4.83. The van der Waals surface area contributed by atoms with Crippen LogP contribution in [0.3, 0.4) is 0 Å². The van der Waals surface area contributed by atoms with E-state index < -0.39 is 0 Å². The fourth-order valence-electron chi connectivity index (χ4n) is 2.68. The van der Waals surface area contributed by atoms with Crippen LogP contribution in [0.4, 0.5) is 0 Å². The zero-order chi connectivity index (χ0) is 16.1. The molecule has 0 N–H and O–H groups in total. The van der Waals surface area contributed by atoms with Gasteiger partial charge in [0.1, 0.15) is 0 Å². The Morgan fingerprint density at radius 2 is 1.39 bits per heavy atom. The number of fused-ring (bicyclic) bond motifs is 1. The van der Waals surface area contributed by atoms with Crippen molar-refractivity contribution in [2.24, 2.45) is 0 Å². The topological polar surface area (TPSA) is 46.6 Å². The van der Waals surface area contributed by atoms with Gasteiger partial charge in [0, 0.05) is 13.2 Å². The standard InChI is InChI=1S/C19H19NO3/c21-18-16-10-4-5-11-17(16)19(22)20(18)12-6-7-13-23-14-15-8-2-1-3-9-15/h1-5,8-11H,6-7,12-14H2. The highest BCUT2D eigenvalue weighted by Gasteiger charge is 2.34. The first kappa shape index (κ1) is 15.4. The lowest BCUT2D eigenvalue weighted by molar-refractivity contribution is 0.0641. The quantitative estimate of drug-likeness (QED) is 0.582. The van der Waals surface area contributed by atoms with Crippen LogP contribution in [-0.2, 0) is 11.3 Å². The van der Waals surface area contributed by atoms with Crippen LogP contribution < -0.4 is 0 Å². The molecule has 0 radical (unpaired) electrons. The van der Waals surface area contributed by atoms with Gasteiger partial charge in [0.05, 0.1) is 17.7 Å². The van der Waals surface area contributed by atoms with Crippen molar-refractivity contribution in [3.63, 3.8) is 0 Å². The molecule has 23 heavy (non-hydrogen) atoms. The molecule has 2 amide bonds. The molecule has 2 aromatic rings. The highest BCUT2D eigenvalue weighted by Crippen LogP contribution is 2.22. The molecule has 0 aromatic heterocycles. The van der Waals surface area contributed by atoms with E-state index in [1.807, 2.05) is 30.3 Å². The van der Waals surface area contributed by atoms with E-state index in [-0.39, 0.29) is 11.8 Å². The van der Waals surface area contributed by atoms with Crippen LogP contribution in [0, 0.1) is 0 Å². The second kappa shape index (κ2) is 7.20. The van der Waals surface area contributed by atoms with Crippen LogP contribution in [0.2, 0.25) is 0 Å². The molecule has 4 nitrogen and oxygen atoms in total. The van der Waals surface area contributed by atoms with Crippen molar-refractivity contribution < 1.29 is 14.3 Å². The Balaban J connectivity index is 1.40. The van der Waals surface area contributed by atoms with Gasteiger partial charge in [-0.3, -0.25) is 14.5 Å². The van der Waals surface area contributed by atoms with Crippen LogP contribution in [-0.4, -0.2) is 29.9 Å².